The lowest BCUT2D eigenvalue weighted by Gasteiger charge is -2.10. The van der Waals surface area contributed by atoms with E-state index in [1.165, 1.54) is 62.1 Å². The molecule has 0 saturated carbocycles. The molecule has 11 aromatic rings. The summed E-state index contributed by atoms with van der Waals surface area (Å²) >= 11 is 5.47. The van der Waals surface area contributed by atoms with Crippen molar-refractivity contribution in [3.8, 4) is 67.0 Å². The van der Waals surface area contributed by atoms with E-state index in [1.807, 2.05) is 46.9 Å². The number of fused-ring (bicyclic) bond motifs is 7. The summed E-state index contributed by atoms with van der Waals surface area (Å²) in [6.07, 6.45) is 6.76. The summed E-state index contributed by atoms with van der Waals surface area (Å²) < 4.78 is 5.02. The molecule has 0 fully saturated rings. The summed E-state index contributed by atoms with van der Waals surface area (Å²) in [7, 11) is 0. The molecule has 0 bridgehead atoms. The summed E-state index contributed by atoms with van der Waals surface area (Å²) in [5, 5.41) is 4.88. The SMILES string of the molecule is C1=Cc2c(sc3cc(-c4nc(-c5ccccc5)nc(-c5cccc(-c6cccc7c6sc6ccc(-c8ccc(-c9nc%10ccccc%10s9)cc8)cc67)c5)n4)ccc23)CC1. The Morgan fingerprint density at radius 3 is 1.98 bits per heavy atom. The van der Waals surface area contributed by atoms with Gasteiger partial charge in [0.2, 0.25) is 0 Å². The third-order valence-corrected chi connectivity index (χ3v) is 14.8. The topological polar surface area (TPSA) is 51.6 Å². The van der Waals surface area contributed by atoms with Crippen LogP contribution in [0.5, 0.6) is 0 Å². The maximum Gasteiger partial charge on any atom is 0.164 e. The third-order valence-electron chi connectivity index (χ3n) is 11.2. The number of hydrogen-bond acceptors (Lipinski definition) is 7. The standard InChI is InChI=1S/C52H32N4S3/c1-2-10-32(11-3-1)49-54-50(56-51(55-49)37-24-26-40-39-14-4-6-18-44(39)57-47(40)30-37)36-13-8-12-35(28-36)38-15-9-16-41-42-29-34(25-27-45(42)58-48(38)41)31-20-22-33(23-21-31)52-53-43-17-5-7-19-46(43)59-52/h1-5,7-17,19-30H,6,18H2. The highest BCUT2D eigenvalue weighted by molar-refractivity contribution is 7.26. The number of aryl methyl sites for hydroxylation is 1. The fourth-order valence-electron chi connectivity index (χ4n) is 8.27. The molecular weight excluding hydrogens is 777 g/mol. The summed E-state index contributed by atoms with van der Waals surface area (Å²) in [5.74, 6) is 2.00. The number of hydrogen-bond donors (Lipinski definition) is 0. The van der Waals surface area contributed by atoms with Crippen LogP contribution >= 0.6 is 34.0 Å². The molecule has 7 heteroatoms. The van der Waals surface area contributed by atoms with Gasteiger partial charge in [-0.2, -0.15) is 0 Å². The highest BCUT2D eigenvalue weighted by atomic mass is 32.1. The van der Waals surface area contributed by atoms with Crippen LogP contribution in [0.2, 0.25) is 0 Å². The molecule has 0 N–H and O–H groups in total. The van der Waals surface area contributed by atoms with Crippen LogP contribution in [0.1, 0.15) is 16.9 Å². The van der Waals surface area contributed by atoms with Gasteiger partial charge in [-0.3, -0.25) is 0 Å². The fraction of sp³-hybridized carbons (Fsp3) is 0.0385. The van der Waals surface area contributed by atoms with E-state index in [0.717, 1.165) is 51.2 Å². The number of allylic oxidation sites excluding steroid dienone is 1. The van der Waals surface area contributed by atoms with E-state index < -0.39 is 0 Å². The first-order valence-electron chi connectivity index (χ1n) is 19.7. The van der Waals surface area contributed by atoms with Gasteiger partial charge in [0, 0.05) is 52.0 Å². The Labute approximate surface area is 352 Å². The zero-order valence-corrected chi connectivity index (χ0v) is 34.0. The Hall–Kier alpha value is -6.64. The van der Waals surface area contributed by atoms with Crippen LogP contribution in [0.25, 0.3) is 114 Å². The quantitative estimate of drug-likeness (QED) is 0.168. The van der Waals surface area contributed by atoms with Crippen molar-refractivity contribution in [1.29, 1.82) is 0 Å². The molecule has 1 aliphatic rings. The van der Waals surface area contributed by atoms with Crippen LogP contribution in [0.4, 0.5) is 0 Å². The van der Waals surface area contributed by atoms with E-state index in [1.54, 1.807) is 11.3 Å². The van der Waals surface area contributed by atoms with Crippen molar-refractivity contribution in [1.82, 2.24) is 19.9 Å². The normalized spacial score (nSPS) is 12.5. The molecule has 12 rings (SSSR count). The van der Waals surface area contributed by atoms with E-state index >= 15 is 0 Å². The lowest BCUT2D eigenvalue weighted by molar-refractivity contribution is 1.02. The lowest BCUT2D eigenvalue weighted by Crippen LogP contribution is -2.00. The fourth-order valence-corrected chi connectivity index (χ4v) is 11.7. The van der Waals surface area contributed by atoms with Crippen molar-refractivity contribution in [2.45, 2.75) is 12.8 Å². The van der Waals surface area contributed by atoms with Crippen molar-refractivity contribution in [2.75, 3.05) is 0 Å². The Kier molecular flexibility index (Phi) is 8.18. The van der Waals surface area contributed by atoms with E-state index in [4.69, 9.17) is 19.9 Å². The molecular formula is C52H32N4S3. The van der Waals surface area contributed by atoms with E-state index in [2.05, 4.69) is 146 Å². The van der Waals surface area contributed by atoms with Gasteiger partial charge in [-0.1, -0.05) is 133 Å². The Morgan fingerprint density at radius 2 is 1.12 bits per heavy atom. The molecule has 0 aliphatic heterocycles. The average Bonchev–Trinajstić information content (AvgIpc) is 4.02. The monoisotopic (exact) mass is 808 g/mol. The van der Waals surface area contributed by atoms with Gasteiger partial charge < -0.3 is 0 Å². The lowest BCUT2D eigenvalue weighted by atomic mass is 9.99. The van der Waals surface area contributed by atoms with Crippen LogP contribution in [0, 0.1) is 0 Å². The number of thiazole rings is 1. The van der Waals surface area contributed by atoms with Gasteiger partial charge >= 0.3 is 0 Å². The Morgan fingerprint density at radius 1 is 0.407 bits per heavy atom. The van der Waals surface area contributed by atoms with E-state index in [0.29, 0.717) is 17.5 Å². The summed E-state index contributed by atoms with van der Waals surface area (Å²) in [6, 6.07) is 56.2. The first-order chi connectivity index (χ1) is 29.2. The first-order valence-corrected chi connectivity index (χ1v) is 22.2. The van der Waals surface area contributed by atoms with Gasteiger partial charge in [0.05, 0.1) is 10.2 Å². The molecule has 4 aromatic heterocycles. The molecule has 0 spiro atoms. The second-order valence-corrected chi connectivity index (χ2v) is 18.1. The minimum Gasteiger partial charge on any atom is -0.236 e. The van der Waals surface area contributed by atoms with Gasteiger partial charge in [-0.05, 0) is 82.4 Å². The average molecular weight is 809 g/mol. The van der Waals surface area contributed by atoms with Gasteiger partial charge in [-0.25, -0.2) is 19.9 Å². The zero-order chi connectivity index (χ0) is 38.9. The second kappa shape index (κ2) is 14.0. The number of rotatable bonds is 6. The highest BCUT2D eigenvalue weighted by Gasteiger charge is 2.18. The molecule has 1 aliphatic carbocycles. The van der Waals surface area contributed by atoms with Gasteiger partial charge in [0.25, 0.3) is 0 Å². The van der Waals surface area contributed by atoms with E-state index in [-0.39, 0.29) is 0 Å². The molecule has 0 atom stereocenters. The smallest absolute Gasteiger partial charge is 0.164 e. The molecule has 0 amide bonds. The molecule has 59 heavy (non-hydrogen) atoms. The van der Waals surface area contributed by atoms with Crippen LogP contribution in [-0.2, 0) is 6.42 Å². The van der Waals surface area contributed by atoms with Crippen LogP contribution < -0.4 is 0 Å². The van der Waals surface area contributed by atoms with Crippen molar-refractivity contribution >= 4 is 80.6 Å². The molecule has 278 valence electrons. The number of benzene rings is 7. The Balaban J connectivity index is 0.914. The molecule has 7 aromatic carbocycles. The third kappa shape index (κ3) is 6.09. The molecule has 0 saturated heterocycles. The number of nitrogens with zero attached hydrogens (tertiary/aromatic N) is 4. The van der Waals surface area contributed by atoms with Crippen molar-refractivity contribution in [2.24, 2.45) is 0 Å². The van der Waals surface area contributed by atoms with Crippen LogP contribution in [-0.4, -0.2) is 19.9 Å². The van der Waals surface area contributed by atoms with Gasteiger partial charge in [0.15, 0.2) is 17.5 Å². The van der Waals surface area contributed by atoms with Crippen LogP contribution in [0.15, 0.2) is 164 Å². The van der Waals surface area contributed by atoms with Crippen molar-refractivity contribution in [3.05, 3.63) is 174 Å². The van der Waals surface area contributed by atoms with Gasteiger partial charge in [-0.15, -0.1) is 34.0 Å². The number of aromatic nitrogens is 4. The molecule has 0 unspecified atom stereocenters. The summed E-state index contributed by atoms with van der Waals surface area (Å²) in [5.41, 5.74) is 11.2. The minimum absolute atomic E-state index is 0.659. The molecule has 4 heterocycles. The first kappa shape index (κ1) is 34.4. The number of thiophene rings is 2. The predicted octanol–water partition coefficient (Wildman–Crippen LogP) is 15.0. The minimum atomic E-state index is 0.659. The Bertz CT molecular complexity index is 3410. The second-order valence-electron chi connectivity index (χ2n) is 14.9. The van der Waals surface area contributed by atoms with E-state index in [9.17, 15) is 0 Å². The highest BCUT2D eigenvalue weighted by Crippen LogP contribution is 2.43. The predicted molar refractivity (Wildman–Crippen MR) is 251 cm³/mol. The largest absolute Gasteiger partial charge is 0.236 e. The number of para-hydroxylation sites is 1. The summed E-state index contributed by atoms with van der Waals surface area (Å²) in [6.45, 7) is 0. The summed E-state index contributed by atoms with van der Waals surface area (Å²) in [4.78, 5) is 21.6. The molecule has 4 nitrogen and oxygen atoms in total. The maximum absolute atomic E-state index is 5.16. The van der Waals surface area contributed by atoms with Crippen LogP contribution in [0.3, 0.4) is 0 Å². The maximum atomic E-state index is 5.16. The van der Waals surface area contributed by atoms with Crippen molar-refractivity contribution < 1.29 is 0 Å². The van der Waals surface area contributed by atoms with Gasteiger partial charge in [0.1, 0.15) is 5.01 Å². The zero-order valence-electron chi connectivity index (χ0n) is 31.6. The van der Waals surface area contributed by atoms with Crippen molar-refractivity contribution in [3.63, 3.8) is 0 Å². The molecule has 0 radical (unpaired) electrons.